The summed E-state index contributed by atoms with van der Waals surface area (Å²) in [6.07, 6.45) is 0. The average molecular weight is 487 g/mol. The molecule has 0 fully saturated rings. The van der Waals surface area contributed by atoms with Crippen LogP contribution in [0.2, 0.25) is 0 Å². The number of halogens is 1. The number of carbonyl (C=O) groups is 2. The van der Waals surface area contributed by atoms with Gasteiger partial charge < -0.3 is 0 Å². The van der Waals surface area contributed by atoms with Crippen molar-refractivity contribution in [2.45, 2.75) is 11.8 Å². The minimum absolute atomic E-state index is 0.0984. The maximum absolute atomic E-state index is 12.4. The Morgan fingerprint density at radius 1 is 1.04 bits per heavy atom. The molecule has 0 saturated carbocycles. The quantitative estimate of drug-likeness (QED) is 0.496. The van der Waals surface area contributed by atoms with E-state index in [0.717, 1.165) is 13.4 Å². The molecule has 0 heterocycles. The van der Waals surface area contributed by atoms with Gasteiger partial charge in [-0.2, -0.15) is 4.31 Å². The van der Waals surface area contributed by atoms with Crippen LogP contribution in [0.15, 0.2) is 53.4 Å². The first-order chi connectivity index (χ1) is 12.2. The molecule has 138 valence electrons. The second kappa shape index (κ2) is 8.60. The number of hydrazine groups is 1. The highest BCUT2D eigenvalue weighted by atomic mass is 127. The maximum Gasteiger partial charge on any atom is 0.270 e. The van der Waals surface area contributed by atoms with E-state index in [2.05, 4.69) is 10.9 Å². The van der Waals surface area contributed by atoms with E-state index < -0.39 is 28.4 Å². The van der Waals surface area contributed by atoms with Crippen LogP contribution < -0.4 is 10.9 Å². The first kappa shape index (κ1) is 20.3. The molecule has 9 heteroatoms. The smallest absolute Gasteiger partial charge is 0.270 e. The van der Waals surface area contributed by atoms with Gasteiger partial charge in [0.25, 0.3) is 11.8 Å². The van der Waals surface area contributed by atoms with Crippen LogP contribution in [0.5, 0.6) is 0 Å². The van der Waals surface area contributed by atoms with Crippen LogP contribution in [-0.4, -0.2) is 38.1 Å². The molecule has 2 amide bonds. The van der Waals surface area contributed by atoms with Gasteiger partial charge in [-0.25, -0.2) is 8.42 Å². The van der Waals surface area contributed by atoms with E-state index in [-0.39, 0.29) is 4.90 Å². The van der Waals surface area contributed by atoms with Gasteiger partial charge in [0.05, 0.1) is 17.0 Å². The Kier molecular flexibility index (Phi) is 6.73. The van der Waals surface area contributed by atoms with Crippen molar-refractivity contribution in [3.8, 4) is 0 Å². The summed E-state index contributed by atoms with van der Waals surface area (Å²) in [5, 5.41) is 0. The topological polar surface area (TPSA) is 95.6 Å². The summed E-state index contributed by atoms with van der Waals surface area (Å²) in [5.41, 5.74) is 5.85. The molecular weight excluding hydrogens is 469 g/mol. The van der Waals surface area contributed by atoms with Crippen molar-refractivity contribution < 1.29 is 18.0 Å². The summed E-state index contributed by atoms with van der Waals surface area (Å²) >= 11 is 2.01. The minimum Gasteiger partial charge on any atom is -0.272 e. The number of sulfonamides is 1. The van der Waals surface area contributed by atoms with Crippen molar-refractivity contribution in [1.29, 1.82) is 0 Å². The SMILES string of the molecule is Cc1ccc(S(=O)(=O)N(C)CC(=O)NNC(=O)c2ccccc2I)cc1. The zero-order valence-corrected chi connectivity index (χ0v) is 17.2. The maximum atomic E-state index is 12.4. The van der Waals surface area contributed by atoms with E-state index in [9.17, 15) is 18.0 Å². The van der Waals surface area contributed by atoms with Gasteiger partial charge in [0.15, 0.2) is 0 Å². The summed E-state index contributed by atoms with van der Waals surface area (Å²) < 4.78 is 26.5. The van der Waals surface area contributed by atoms with Gasteiger partial charge >= 0.3 is 0 Å². The molecule has 0 aromatic heterocycles. The molecule has 0 aliphatic carbocycles. The predicted molar refractivity (Wildman–Crippen MR) is 106 cm³/mol. The Morgan fingerprint density at radius 3 is 2.27 bits per heavy atom. The molecule has 0 aliphatic heterocycles. The van der Waals surface area contributed by atoms with Crippen LogP contribution in [0, 0.1) is 10.5 Å². The lowest BCUT2D eigenvalue weighted by Gasteiger charge is -2.17. The Bertz CT molecular complexity index is 914. The van der Waals surface area contributed by atoms with Gasteiger partial charge in [0.1, 0.15) is 0 Å². The summed E-state index contributed by atoms with van der Waals surface area (Å²) in [4.78, 5) is 24.1. The third-order valence-corrected chi connectivity index (χ3v) is 6.29. The van der Waals surface area contributed by atoms with E-state index >= 15 is 0 Å². The lowest BCUT2D eigenvalue weighted by Crippen LogP contribution is -2.46. The number of nitrogens with zero attached hydrogens (tertiary/aromatic N) is 1. The van der Waals surface area contributed by atoms with Crippen LogP contribution in [0.1, 0.15) is 15.9 Å². The molecule has 2 aromatic carbocycles. The van der Waals surface area contributed by atoms with Crippen LogP contribution >= 0.6 is 22.6 Å². The van der Waals surface area contributed by atoms with Crippen molar-refractivity contribution in [3.63, 3.8) is 0 Å². The number of likely N-dealkylation sites (N-methyl/N-ethyl adjacent to an activating group) is 1. The number of carbonyl (C=O) groups excluding carboxylic acids is 2. The zero-order chi connectivity index (χ0) is 19.3. The van der Waals surface area contributed by atoms with E-state index in [4.69, 9.17) is 0 Å². The van der Waals surface area contributed by atoms with Gasteiger partial charge in [-0.1, -0.05) is 29.8 Å². The standard InChI is InChI=1S/C17H18IN3O4S/c1-12-7-9-13(10-8-12)26(24,25)21(2)11-16(22)19-20-17(23)14-5-3-4-6-15(14)18/h3-10H,11H2,1-2H3,(H,19,22)(H,20,23). The lowest BCUT2D eigenvalue weighted by atomic mass is 10.2. The van der Waals surface area contributed by atoms with E-state index in [1.54, 1.807) is 36.4 Å². The molecule has 2 N–H and O–H groups in total. The van der Waals surface area contributed by atoms with Gasteiger partial charge in [0.2, 0.25) is 10.0 Å². The largest absolute Gasteiger partial charge is 0.272 e. The molecule has 0 radical (unpaired) electrons. The normalized spacial score (nSPS) is 11.2. The van der Waals surface area contributed by atoms with Crippen LogP contribution in [0.4, 0.5) is 0 Å². The predicted octanol–water partition coefficient (Wildman–Crippen LogP) is 1.68. The fourth-order valence-electron chi connectivity index (χ4n) is 2.06. The summed E-state index contributed by atoms with van der Waals surface area (Å²) in [7, 11) is -2.49. The van der Waals surface area contributed by atoms with E-state index in [0.29, 0.717) is 5.56 Å². The van der Waals surface area contributed by atoms with Crippen molar-refractivity contribution in [2.24, 2.45) is 0 Å². The van der Waals surface area contributed by atoms with Gasteiger partial charge in [-0.15, -0.1) is 0 Å². The van der Waals surface area contributed by atoms with Crippen molar-refractivity contribution >= 4 is 44.4 Å². The summed E-state index contributed by atoms with van der Waals surface area (Å²) in [6, 6.07) is 13.2. The minimum atomic E-state index is -3.79. The fourth-order valence-corrected chi connectivity index (χ4v) is 3.82. The fraction of sp³-hybridized carbons (Fsp3) is 0.176. The second-order valence-corrected chi connectivity index (χ2v) is 8.76. The molecule has 2 aromatic rings. The van der Waals surface area contributed by atoms with Crippen molar-refractivity contribution in [2.75, 3.05) is 13.6 Å². The van der Waals surface area contributed by atoms with Gasteiger partial charge in [-0.3, -0.25) is 20.4 Å². The average Bonchev–Trinajstić information content (AvgIpc) is 2.60. The lowest BCUT2D eigenvalue weighted by molar-refractivity contribution is -0.121. The zero-order valence-electron chi connectivity index (χ0n) is 14.2. The Hall–Kier alpha value is -1.98. The first-order valence-corrected chi connectivity index (χ1v) is 10.1. The molecule has 0 saturated heterocycles. The van der Waals surface area contributed by atoms with Crippen LogP contribution in [0.25, 0.3) is 0 Å². The monoisotopic (exact) mass is 487 g/mol. The molecule has 0 spiro atoms. The molecule has 7 nitrogen and oxygen atoms in total. The Labute approximate surface area is 165 Å². The second-order valence-electron chi connectivity index (χ2n) is 5.56. The molecule has 0 atom stereocenters. The molecule has 0 unspecified atom stereocenters. The van der Waals surface area contributed by atoms with E-state index in [1.165, 1.54) is 19.2 Å². The molecule has 0 bridgehead atoms. The molecule has 26 heavy (non-hydrogen) atoms. The first-order valence-electron chi connectivity index (χ1n) is 7.58. The van der Waals surface area contributed by atoms with E-state index in [1.807, 2.05) is 29.5 Å². The molecule has 0 aliphatic rings. The number of hydrogen-bond donors (Lipinski definition) is 2. The number of hydrogen-bond acceptors (Lipinski definition) is 4. The Balaban J connectivity index is 1.95. The highest BCUT2D eigenvalue weighted by molar-refractivity contribution is 14.1. The third-order valence-electron chi connectivity index (χ3n) is 3.53. The number of aryl methyl sites for hydroxylation is 1. The molecular formula is C17H18IN3O4S. The number of amides is 2. The summed E-state index contributed by atoms with van der Waals surface area (Å²) in [6.45, 7) is 1.42. The summed E-state index contributed by atoms with van der Waals surface area (Å²) in [5.74, 6) is -1.13. The highest BCUT2D eigenvalue weighted by Crippen LogP contribution is 2.14. The number of rotatable bonds is 5. The van der Waals surface area contributed by atoms with Gasteiger partial charge in [0, 0.05) is 10.6 Å². The van der Waals surface area contributed by atoms with Crippen LogP contribution in [-0.2, 0) is 14.8 Å². The third kappa shape index (κ3) is 5.02. The molecule has 2 rings (SSSR count). The van der Waals surface area contributed by atoms with Crippen molar-refractivity contribution in [1.82, 2.24) is 15.2 Å². The number of benzene rings is 2. The Morgan fingerprint density at radius 2 is 1.65 bits per heavy atom. The van der Waals surface area contributed by atoms with Gasteiger partial charge in [-0.05, 0) is 53.8 Å². The van der Waals surface area contributed by atoms with Crippen molar-refractivity contribution in [3.05, 3.63) is 63.2 Å². The van der Waals surface area contributed by atoms with Crippen LogP contribution in [0.3, 0.4) is 0 Å². The number of nitrogens with one attached hydrogen (secondary N) is 2. The highest BCUT2D eigenvalue weighted by Gasteiger charge is 2.23.